The first-order valence-electron chi connectivity index (χ1n) is 2.97. The first-order chi connectivity index (χ1) is 4.16. The van der Waals surface area contributed by atoms with Crippen LogP contribution >= 0.6 is 0 Å². The second-order valence-corrected chi connectivity index (χ2v) is 2.08. The summed E-state index contributed by atoms with van der Waals surface area (Å²) in [7, 11) is 0. The Labute approximate surface area is 57.7 Å². The highest BCUT2D eigenvalue weighted by Gasteiger charge is 1.86. The lowest BCUT2D eigenvalue weighted by Gasteiger charge is -1.89. The normalized spacial score (nSPS) is 11.4. The van der Waals surface area contributed by atoms with Gasteiger partial charge in [0.25, 0.3) is 0 Å². The molecule has 0 heterocycles. The molecule has 0 N–H and O–H groups in total. The Kier molecular flexibility index (Phi) is 3.65. The van der Waals surface area contributed by atoms with E-state index < -0.39 is 0 Å². The average molecular weight is 119 g/mol. The lowest BCUT2D eigenvalue weighted by atomic mass is 10.1. The highest BCUT2D eigenvalue weighted by atomic mass is 13.9. The molecule has 0 heteroatoms. The Balaban J connectivity index is 3.76. The van der Waals surface area contributed by atoms with Crippen LogP contribution in [-0.4, -0.2) is 0 Å². The van der Waals surface area contributed by atoms with Crippen LogP contribution < -0.4 is 0 Å². The van der Waals surface area contributed by atoms with Crippen molar-refractivity contribution in [2.75, 3.05) is 0 Å². The van der Waals surface area contributed by atoms with Gasteiger partial charge in [-0.15, -0.1) is 6.42 Å². The molecule has 0 bridgehead atoms. The topological polar surface area (TPSA) is 0 Å². The van der Waals surface area contributed by atoms with Gasteiger partial charge in [0.1, 0.15) is 0 Å². The van der Waals surface area contributed by atoms with E-state index in [2.05, 4.69) is 24.7 Å². The second kappa shape index (κ2) is 4.04. The highest BCUT2D eigenvalue weighted by molar-refractivity contribution is 5.14. The summed E-state index contributed by atoms with van der Waals surface area (Å²) in [5, 5.41) is 0. The number of hydrogen-bond acceptors (Lipinski definition) is 0. The molecule has 0 aliphatic carbocycles. The Morgan fingerprint density at radius 3 is 2.22 bits per heavy atom. The Bertz CT molecular complexity index is 159. The van der Waals surface area contributed by atoms with Crippen molar-refractivity contribution in [2.24, 2.45) is 11.8 Å². The van der Waals surface area contributed by atoms with Crippen molar-refractivity contribution >= 4 is 0 Å². The fraction of sp³-hybridized carbons (Fsp3) is 0.444. The Hall–Kier alpha value is -0.880. The van der Waals surface area contributed by atoms with Gasteiger partial charge in [-0.1, -0.05) is 24.7 Å². The van der Waals surface area contributed by atoms with Gasteiger partial charge in [-0.3, -0.25) is 0 Å². The molecule has 0 fully saturated rings. The second-order valence-electron chi connectivity index (χ2n) is 2.08. The van der Waals surface area contributed by atoms with Crippen LogP contribution in [0, 0.1) is 42.9 Å². The fourth-order valence-corrected chi connectivity index (χ4v) is 0.309. The summed E-state index contributed by atoms with van der Waals surface area (Å²) in [5.74, 6) is 8.54. The fourth-order valence-electron chi connectivity index (χ4n) is 0.309. The quantitative estimate of drug-likeness (QED) is 0.426. The predicted octanol–water partition coefficient (Wildman–Crippen LogP) is 1.73. The van der Waals surface area contributed by atoms with Crippen molar-refractivity contribution < 1.29 is 0 Å². The summed E-state index contributed by atoms with van der Waals surface area (Å²) in [5.41, 5.74) is 0. The molecule has 47 valence electrons. The van der Waals surface area contributed by atoms with E-state index in [1.165, 1.54) is 0 Å². The molecule has 0 saturated carbocycles. The lowest BCUT2D eigenvalue weighted by Crippen LogP contribution is -1.85. The molecule has 0 saturated heterocycles. The maximum absolute atomic E-state index is 5.09. The Morgan fingerprint density at radius 1 is 1.33 bits per heavy atom. The minimum absolute atomic E-state index is 0.0641. The monoisotopic (exact) mass is 119 g/mol. The molecule has 0 nitrogen and oxygen atoms in total. The molecular formula is C9H11. The smallest absolute Gasteiger partial charge is 0.0780 e. The maximum Gasteiger partial charge on any atom is 0.0780 e. The minimum Gasteiger partial charge on any atom is -0.119 e. The molecule has 2 atom stereocenters. The third kappa shape index (κ3) is 4.98. The van der Waals surface area contributed by atoms with Gasteiger partial charge in [0.15, 0.2) is 0 Å². The van der Waals surface area contributed by atoms with E-state index in [-0.39, 0.29) is 11.8 Å². The van der Waals surface area contributed by atoms with Gasteiger partial charge in [0.05, 0.1) is 5.92 Å². The zero-order valence-corrected chi connectivity index (χ0v) is 5.94. The molecule has 0 aliphatic heterocycles. The van der Waals surface area contributed by atoms with E-state index in [0.29, 0.717) is 0 Å². The van der Waals surface area contributed by atoms with Crippen molar-refractivity contribution in [1.82, 2.24) is 0 Å². The van der Waals surface area contributed by atoms with Crippen LogP contribution in [-0.2, 0) is 0 Å². The number of hydrogen-bond donors (Lipinski definition) is 0. The SMILES string of the molecule is C#CC(C)C#CC([CH2])C. The summed E-state index contributed by atoms with van der Waals surface area (Å²) in [4.78, 5) is 0. The summed E-state index contributed by atoms with van der Waals surface area (Å²) >= 11 is 0. The molecule has 0 spiro atoms. The summed E-state index contributed by atoms with van der Waals surface area (Å²) in [6.45, 7) is 7.54. The average Bonchev–Trinajstić information content (AvgIpc) is 1.83. The largest absolute Gasteiger partial charge is 0.119 e. The third-order valence-corrected chi connectivity index (χ3v) is 0.796. The first kappa shape index (κ1) is 8.12. The van der Waals surface area contributed by atoms with E-state index in [4.69, 9.17) is 6.42 Å². The van der Waals surface area contributed by atoms with Crippen molar-refractivity contribution in [3.05, 3.63) is 6.92 Å². The molecule has 0 aromatic rings. The van der Waals surface area contributed by atoms with Crippen molar-refractivity contribution in [3.63, 3.8) is 0 Å². The number of rotatable bonds is 0. The molecule has 2 unspecified atom stereocenters. The van der Waals surface area contributed by atoms with Crippen LogP contribution in [0.1, 0.15) is 13.8 Å². The Morgan fingerprint density at radius 2 is 1.89 bits per heavy atom. The van der Waals surface area contributed by atoms with Gasteiger partial charge in [-0.05, 0) is 13.8 Å². The van der Waals surface area contributed by atoms with Crippen LogP contribution in [0.25, 0.3) is 0 Å². The molecule has 9 heavy (non-hydrogen) atoms. The van der Waals surface area contributed by atoms with Crippen LogP contribution in [0.2, 0.25) is 0 Å². The van der Waals surface area contributed by atoms with Crippen LogP contribution in [0.3, 0.4) is 0 Å². The van der Waals surface area contributed by atoms with Crippen LogP contribution in [0.15, 0.2) is 0 Å². The zero-order valence-electron chi connectivity index (χ0n) is 5.94. The standard InChI is InChI=1S/C9H11/c1-5-9(4)7-6-8(2)3/h1,8-9H,2H2,3-4H3. The van der Waals surface area contributed by atoms with E-state index in [1.807, 2.05) is 13.8 Å². The maximum atomic E-state index is 5.09. The summed E-state index contributed by atoms with van der Waals surface area (Å²) in [6, 6.07) is 0. The van der Waals surface area contributed by atoms with Crippen molar-refractivity contribution in [2.45, 2.75) is 13.8 Å². The van der Waals surface area contributed by atoms with Crippen LogP contribution in [0.4, 0.5) is 0 Å². The van der Waals surface area contributed by atoms with Gasteiger partial charge in [0.2, 0.25) is 0 Å². The van der Waals surface area contributed by atoms with Crippen molar-refractivity contribution in [1.29, 1.82) is 0 Å². The molecule has 0 aromatic heterocycles. The predicted molar refractivity (Wildman–Crippen MR) is 40.3 cm³/mol. The molecule has 0 rings (SSSR count). The third-order valence-electron chi connectivity index (χ3n) is 0.796. The van der Waals surface area contributed by atoms with E-state index >= 15 is 0 Å². The molecule has 0 aromatic carbocycles. The summed E-state index contributed by atoms with van der Waals surface area (Å²) < 4.78 is 0. The van der Waals surface area contributed by atoms with Gasteiger partial charge in [-0.25, -0.2) is 0 Å². The lowest BCUT2D eigenvalue weighted by molar-refractivity contribution is 0.956. The molecule has 1 radical (unpaired) electrons. The highest BCUT2D eigenvalue weighted by Crippen LogP contribution is 1.90. The van der Waals surface area contributed by atoms with Gasteiger partial charge >= 0.3 is 0 Å². The van der Waals surface area contributed by atoms with Gasteiger partial charge in [0, 0.05) is 5.92 Å². The van der Waals surface area contributed by atoms with Gasteiger partial charge < -0.3 is 0 Å². The van der Waals surface area contributed by atoms with E-state index in [9.17, 15) is 0 Å². The zero-order chi connectivity index (χ0) is 7.28. The first-order valence-corrected chi connectivity index (χ1v) is 2.97. The van der Waals surface area contributed by atoms with E-state index in [0.717, 1.165) is 0 Å². The number of terminal acetylenes is 1. The molecular weight excluding hydrogens is 108 g/mol. The molecule has 0 amide bonds. The minimum atomic E-state index is 0.0641. The van der Waals surface area contributed by atoms with Gasteiger partial charge in [-0.2, -0.15) is 0 Å². The van der Waals surface area contributed by atoms with Crippen molar-refractivity contribution in [3.8, 4) is 24.2 Å². The summed E-state index contributed by atoms with van der Waals surface area (Å²) in [6.07, 6.45) is 5.09. The van der Waals surface area contributed by atoms with Crippen LogP contribution in [0.5, 0.6) is 0 Å². The van der Waals surface area contributed by atoms with E-state index in [1.54, 1.807) is 0 Å². The molecule has 0 aliphatic rings.